The monoisotopic (exact) mass is 192 g/mol. The third-order valence-corrected chi connectivity index (χ3v) is 2.62. The molecule has 0 saturated carbocycles. The van der Waals surface area contributed by atoms with E-state index in [1.807, 2.05) is 31.2 Å². The van der Waals surface area contributed by atoms with Crippen LogP contribution in [0, 0.1) is 6.92 Å². The first-order valence-corrected chi connectivity index (χ1v) is 4.60. The number of rotatable bonds is 1. The third kappa shape index (κ3) is 1.40. The molecule has 0 bridgehead atoms. The van der Waals surface area contributed by atoms with Crippen LogP contribution in [0.5, 0.6) is 0 Å². The zero-order chi connectivity index (χ0) is 10.1. The number of esters is 1. The Bertz CT molecular complexity index is 359. The first-order valence-electron chi connectivity index (χ1n) is 4.60. The number of cyclic esters (lactones) is 1. The number of hydrogen-bond acceptors (Lipinski definition) is 3. The molecule has 1 saturated heterocycles. The van der Waals surface area contributed by atoms with Crippen molar-refractivity contribution in [1.29, 1.82) is 0 Å². The summed E-state index contributed by atoms with van der Waals surface area (Å²) < 4.78 is 4.80. The summed E-state index contributed by atoms with van der Waals surface area (Å²) in [6.45, 7) is 2.25. The topological polar surface area (TPSA) is 46.5 Å². The number of aliphatic hydroxyl groups excluding tert-OH is 1. The van der Waals surface area contributed by atoms with E-state index in [4.69, 9.17) is 4.74 Å². The molecule has 1 aromatic carbocycles. The minimum Gasteiger partial charge on any atom is -0.463 e. The summed E-state index contributed by atoms with van der Waals surface area (Å²) in [4.78, 5) is 11.0. The molecule has 2 atom stereocenters. The van der Waals surface area contributed by atoms with Crippen LogP contribution in [0.3, 0.4) is 0 Å². The highest BCUT2D eigenvalue weighted by Gasteiger charge is 2.36. The standard InChI is InChI=1S/C11H12O3/c1-7-4-2-3-5-8(7)9-6-14-11(13)10(9)12/h2-5,9-10,12H,6H2,1H3. The van der Waals surface area contributed by atoms with Crippen molar-refractivity contribution in [1.82, 2.24) is 0 Å². The molecule has 3 heteroatoms. The first-order chi connectivity index (χ1) is 6.70. The van der Waals surface area contributed by atoms with E-state index in [1.54, 1.807) is 0 Å². The molecule has 1 aliphatic rings. The van der Waals surface area contributed by atoms with Crippen LogP contribution in [-0.4, -0.2) is 23.8 Å². The summed E-state index contributed by atoms with van der Waals surface area (Å²) >= 11 is 0. The Morgan fingerprint density at radius 3 is 2.71 bits per heavy atom. The minimum absolute atomic E-state index is 0.205. The van der Waals surface area contributed by atoms with Gasteiger partial charge < -0.3 is 9.84 Å². The number of carbonyl (C=O) groups is 1. The molecule has 1 aliphatic heterocycles. The SMILES string of the molecule is Cc1ccccc1C1COC(=O)C1O. The third-order valence-electron chi connectivity index (χ3n) is 2.62. The molecule has 0 amide bonds. The Kier molecular flexibility index (Phi) is 2.25. The molecular weight excluding hydrogens is 180 g/mol. The average molecular weight is 192 g/mol. The van der Waals surface area contributed by atoms with E-state index in [0.29, 0.717) is 0 Å². The van der Waals surface area contributed by atoms with Crippen LogP contribution in [0.2, 0.25) is 0 Å². The van der Waals surface area contributed by atoms with Gasteiger partial charge >= 0.3 is 5.97 Å². The van der Waals surface area contributed by atoms with E-state index in [-0.39, 0.29) is 12.5 Å². The van der Waals surface area contributed by atoms with Gasteiger partial charge in [0.05, 0.1) is 5.92 Å². The highest BCUT2D eigenvalue weighted by molar-refractivity contribution is 5.78. The van der Waals surface area contributed by atoms with Crippen molar-refractivity contribution in [3.63, 3.8) is 0 Å². The summed E-state index contributed by atoms with van der Waals surface area (Å²) in [5.74, 6) is -0.720. The lowest BCUT2D eigenvalue weighted by Crippen LogP contribution is -2.20. The predicted octanol–water partition coefficient (Wildman–Crippen LogP) is 0.996. The molecule has 1 heterocycles. The maximum atomic E-state index is 11.0. The van der Waals surface area contributed by atoms with E-state index >= 15 is 0 Å². The molecule has 0 aliphatic carbocycles. The van der Waals surface area contributed by atoms with E-state index in [1.165, 1.54) is 0 Å². The molecule has 0 radical (unpaired) electrons. The average Bonchev–Trinajstić information content (AvgIpc) is 2.49. The largest absolute Gasteiger partial charge is 0.463 e. The fourth-order valence-corrected chi connectivity index (χ4v) is 1.78. The molecule has 0 spiro atoms. The van der Waals surface area contributed by atoms with Crippen LogP contribution in [0.1, 0.15) is 17.0 Å². The zero-order valence-electron chi connectivity index (χ0n) is 7.93. The van der Waals surface area contributed by atoms with Crippen molar-refractivity contribution in [3.8, 4) is 0 Å². The summed E-state index contributed by atoms with van der Waals surface area (Å²) in [5.41, 5.74) is 2.07. The van der Waals surface area contributed by atoms with Crippen LogP contribution in [0.25, 0.3) is 0 Å². The van der Waals surface area contributed by atoms with Gasteiger partial charge in [0, 0.05) is 0 Å². The van der Waals surface area contributed by atoms with Crippen molar-refractivity contribution in [3.05, 3.63) is 35.4 Å². The Morgan fingerprint density at radius 2 is 2.14 bits per heavy atom. The van der Waals surface area contributed by atoms with Crippen LogP contribution < -0.4 is 0 Å². The normalized spacial score (nSPS) is 26.3. The van der Waals surface area contributed by atoms with Gasteiger partial charge in [-0.2, -0.15) is 0 Å². The van der Waals surface area contributed by atoms with Gasteiger partial charge in [0.1, 0.15) is 6.61 Å². The zero-order valence-corrected chi connectivity index (χ0v) is 7.93. The minimum atomic E-state index is -1.00. The number of benzene rings is 1. The van der Waals surface area contributed by atoms with Crippen molar-refractivity contribution in [2.75, 3.05) is 6.61 Å². The number of aliphatic hydroxyl groups is 1. The lowest BCUT2D eigenvalue weighted by Gasteiger charge is -2.12. The van der Waals surface area contributed by atoms with Gasteiger partial charge in [-0.1, -0.05) is 24.3 Å². The van der Waals surface area contributed by atoms with Gasteiger partial charge in [-0.15, -0.1) is 0 Å². The Balaban J connectivity index is 2.32. The maximum absolute atomic E-state index is 11.0. The smallest absolute Gasteiger partial charge is 0.335 e. The summed E-state index contributed by atoms with van der Waals surface area (Å²) in [6.07, 6.45) is -1.00. The van der Waals surface area contributed by atoms with Gasteiger partial charge in [0.25, 0.3) is 0 Å². The lowest BCUT2D eigenvalue weighted by molar-refractivity contribution is -0.144. The van der Waals surface area contributed by atoms with Gasteiger partial charge in [0.2, 0.25) is 0 Å². The van der Waals surface area contributed by atoms with Crippen LogP contribution in [-0.2, 0) is 9.53 Å². The molecule has 2 unspecified atom stereocenters. The molecule has 1 N–H and O–H groups in total. The van der Waals surface area contributed by atoms with Crippen LogP contribution in [0.15, 0.2) is 24.3 Å². The lowest BCUT2D eigenvalue weighted by atomic mass is 9.92. The summed E-state index contributed by atoms with van der Waals surface area (Å²) in [6, 6.07) is 7.72. The Morgan fingerprint density at radius 1 is 1.43 bits per heavy atom. The van der Waals surface area contributed by atoms with Crippen molar-refractivity contribution in [2.45, 2.75) is 18.9 Å². The predicted molar refractivity (Wildman–Crippen MR) is 50.9 cm³/mol. The molecule has 1 aromatic rings. The Hall–Kier alpha value is -1.35. The quantitative estimate of drug-likeness (QED) is 0.675. The van der Waals surface area contributed by atoms with Gasteiger partial charge in [-0.25, -0.2) is 4.79 Å². The summed E-state index contributed by atoms with van der Waals surface area (Å²) in [5, 5.41) is 9.56. The number of hydrogen-bond donors (Lipinski definition) is 1. The number of carbonyl (C=O) groups excluding carboxylic acids is 1. The number of ether oxygens (including phenoxy) is 1. The second kappa shape index (κ2) is 3.42. The van der Waals surface area contributed by atoms with E-state index < -0.39 is 12.1 Å². The summed E-state index contributed by atoms with van der Waals surface area (Å²) in [7, 11) is 0. The van der Waals surface area contributed by atoms with Crippen molar-refractivity contribution < 1.29 is 14.6 Å². The van der Waals surface area contributed by atoms with Gasteiger partial charge in [-0.3, -0.25) is 0 Å². The van der Waals surface area contributed by atoms with Crippen molar-refractivity contribution >= 4 is 5.97 Å². The highest BCUT2D eigenvalue weighted by Crippen LogP contribution is 2.28. The van der Waals surface area contributed by atoms with Crippen molar-refractivity contribution in [2.24, 2.45) is 0 Å². The van der Waals surface area contributed by atoms with Crippen LogP contribution in [0.4, 0.5) is 0 Å². The molecule has 74 valence electrons. The first kappa shape index (κ1) is 9.21. The molecule has 3 nitrogen and oxygen atoms in total. The maximum Gasteiger partial charge on any atom is 0.335 e. The fraction of sp³-hybridized carbons (Fsp3) is 0.364. The molecule has 14 heavy (non-hydrogen) atoms. The second-order valence-corrected chi connectivity index (χ2v) is 3.54. The van der Waals surface area contributed by atoms with Crippen LogP contribution >= 0.6 is 0 Å². The fourth-order valence-electron chi connectivity index (χ4n) is 1.78. The van der Waals surface area contributed by atoms with E-state index in [9.17, 15) is 9.90 Å². The van der Waals surface area contributed by atoms with Gasteiger partial charge in [-0.05, 0) is 18.1 Å². The van der Waals surface area contributed by atoms with E-state index in [0.717, 1.165) is 11.1 Å². The van der Waals surface area contributed by atoms with Gasteiger partial charge in [0.15, 0.2) is 6.10 Å². The van der Waals surface area contributed by atoms with E-state index in [2.05, 4.69) is 0 Å². The number of aryl methyl sites for hydroxylation is 1. The molecule has 1 fully saturated rings. The second-order valence-electron chi connectivity index (χ2n) is 3.54. The molecular formula is C11H12O3. The molecule has 2 rings (SSSR count). The highest BCUT2D eigenvalue weighted by atomic mass is 16.6. The molecule has 0 aromatic heterocycles. The Labute approximate surface area is 82.3 Å².